The Hall–Kier alpha value is -5.68. The van der Waals surface area contributed by atoms with E-state index in [1.807, 2.05) is 48.5 Å². The van der Waals surface area contributed by atoms with Crippen molar-refractivity contribution in [3.8, 4) is 47.4 Å². The maximum atomic E-state index is 4.41. The van der Waals surface area contributed by atoms with E-state index in [0.717, 1.165) is 59.8 Å². The number of azo groups is 1. The Bertz CT molecular complexity index is 1890. The van der Waals surface area contributed by atoms with Crippen molar-refractivity contribution in [2.75, 3.05) is 36.0 Å². The van der Waals surface area contributed by atoms with Crippen LogP contribution in [0.4, 0.5) is 22.7 Å². The fourth-order valence-electron chi connectivity index (χ4n) is 6.92. The fraction of sp³-hybridized carbons (Fsp3) is 0.429. The number of rotatable bonds is 24. The monoisotopic (exact) mass is 797 g/mol. The van der Waals surface area contributed by atoms with Gasteiger partial charge in [0.2, 0.25) is 0 Å². The Balaban J connectivity index is 1.25. The zero-order valence-corrected chi connectivity index (χ0v) is 37.2. The molecule has 4 heteroatoms. The summed E-state index contributed by atoms with van der Waals surface area (Å²) in [7, 11) is 0. The standard InChI is InChI=1S/C56H68N4/c1-5-9-13-21-45-59(46-22-14-10-6-2)55-41-33-51(34-42-55)27-19-17-25-49-29-37-53(38-30-49)57-58-54-39-31-50(32-40-54)26-18-20-28-52-35-43-56(44-36-52)60(47-23-15-11-7-3)48-24-16-12-8-4/h29-44H,5-16,21-24,45-48H2,1-4H3. The van der Waals surface area contributed by atoms with Gasteiger partial charge in [0.1, 0.15) is 0 Å². The lowest BCUT2D eigenvalue weighted by Crippen LogP contribution is -2.25. The van der Waals surface area contributed by atoms with Gasteiger partial charge < -0.3 is 9.80 Å². The molecule has 0 aromatic heterocycles. The van der Waals surface area contributed by atoms with Gasteiger partial charge in [-0.15, -0.1) is 0 Å². The molecule has 312 valence electrons. The predicted octanol–water partition coefficient (Wildman–Crippen LogP) is 14.8. The van der Waals surface area contributed by atoms with E-state index in [4.69, 9.17) is 0 Å². The summed E-state index contributed by atoms with van der Waals surface area (Å²) in [6, 6.07) is 32.8. The first-order chi connectivity index (χ1) is 29.6. The average molecular weight is 797 g/mol. The summed E-state index contributed by atoms with van der Waals surface area (Å²) in [6.45, 7) is 13.6. The molecule has 0 aliphatic carbocycles. The summed E-state index contributed by atoms with van der Waals surface area (Å²) in [6.07, 6.45) is 20.5. The third-order valence-electron chi connectivity index (χ3n) is 10.6. The molecule has 0 heterocycles. The molecule has 0 bridgehead atoms. The Morgan fingerprint density at radius 3 is 0.817 bits per heavy atom. The van der Waals surface area contributed by atoms with Crippen LogP contribution >= 0.6 is 0 Å². The first kappa shape index (κ1) is 47.0. The van der Waals surface area contributed by atoms with Crippen LogP contribution in [-0.2, 0) is 0 Å². The van der Waals surface area contributed by atoms with Crippen LogP contribution in [0.5, 0.6) is 0 Å². The molecule has 0 fully saturated rings. The van der Waals surface area contributed by atoms with Crippen molar-refractivity contribution in [1.29, 1.82) is 0 Å². The van der Waals surface area contributed by atoms with Gasteiger partial charge in [-0.3, -0.25) is 0 Å². The van der Waals surface area contributed by atoms with Gasteiger partial charge in [-0.25, -0.2) is 0 Å². The Morgan fingerprint density at radius 2 is 0.567 bits per heavy atom. The van der Waals surface area contributed by atoms with Gasteiger partial charge in [0.25, 0.3) is 0 Å². The zero-order valence-electron chi connectivity index (χ0n) is 37.2. The van der Waals surface area contributed by atoms with Crippen LogP contribution in [0.3, 0.4) is 0 Å². The lowest BCUT2D eigenvalue weighted by Gasteiger charge is -2.25. The minimum absolute atomic E-state index is 0.760. The quantitative estimate of drug-likeness (QED) is 0.0402. The van der Waals surface area contributed by atoms with E-state index in [1.165, 1.54) is 114 Å². The van der Waals surface area contributed by atoms with Crippen LogP contribution in [0.1, 0.15) is 153 Å². The van der Waals surface area contributed by atoms with Crippen LogP contribution in [0.2, 0.25) is 0 Å². The number of anilines is 2. The Morgan fingerprint density at radius 1 is 0.317 bits per heavy atom. The van der Waals surface area contributed by atoms with Crippen molar-refractivity contribution in [1.82, 2.24) is 0 Å². The topological polar surface area (TPSA) is 31.2 Å². The van der Waals surface area contributed by atoms with E-state index in [0.29, 0.717) is 0 Å². The van der Waals surface area contributed by atoms with Crippen LogP contribution < -0.4 is 9.80 Å². The van der Waals surface area contributed by atoms with E-state index in [2.05, 4.69) is 144 Å². The van der Waals surface area contributed by atoms with Crippen molar-refractivity contribution in [3.05, 3.63) is 119 Å². The minimum atomic E-state index is 0.760. The maximum Gasteiger partial charge on any atom is 0.0857 e. The number of unbranched alkanes of at least 4 members (excludes halogenated alkanes) is 12. The van der Waals surface area contributed by atoms with E-state index in [9.17, 15) is 0 Å². The molecular formula is C56H68N4. The average Bonchev–Trinajstić information content (AvgIpc) is 3.29. The maximum absolute atomic E-state index is 4.41. The van der Waals surface area contributed by atoms with E-state index < -0.39 is 0 Å². The number of nitrogens with zero attached hydrogens (tertiary/aromatic N) is 4. The highest BCUT2D eigenvalue weighted by Gasteiger charge is 2.08. The summed E-state index contributed by atoms with van der Waals surface area (Å²) in [5.74, 6) is 24.7. The van der Waals surface area contributed by atoms with Crippen LogP contribution in [0.25, 0.3) is 0 Å². The second-order valence-electron chi connectivity index (χ2n) is 15.6. The summed E-state index contributed by atoms with van der Waals surface area (Å²) in [4.78, 5) is 5.10. The lowest BCUT2D eigenvalue weighted by atomic mass is 10.1. The molecule has 0 aliphatic rings. The first-order valence-electron chi connectivity index (χ1n) is 23.0. The van der Waals surface area contributed by atoms with E-state index in [-0.39, 0.29) is 0 Å². The van der Waals surface area contributed by atoms with Gasteiger partial charge in [0.15, 0.2) is 0 Å². The lowest BCUT2D eigenvalue weighted by molar-refractivity contribution is 0.609. The predicted molar refractivity (Wildman–Crippen MR) is 258 cm³/mol. The Kier molecular flexibility index (Phi) is 23.1. The SMILES string of the molecule is CCCCCCN(CCCCCC)c1ccc(C#CC#Cc2ccc(N=Nc3ccc(C#CC#Cc4ccc(N(CCCCCC)CCCCCC)cc4)cc3)cc2)cc1. The summed E-state index contributed by atoms with van der Waals surface area (Å²) < 4.78 is 0. The number of hydrogen-bond acceptors (Lipinski definition) is 4. The largest absolute Gasteiger partial charge is 0.372 e. The van der Waals surface area contributed by atoms with Gasteiger partial charge >= 0.3 is 0 Å². The van der Waals surface area contributed by atoms with Crippen molar-refractivity contribution >= 4 is 22.7 Å². The van der Waals surface area contributed by atoms with E-state index >= 15 is 0 Å². The fourth-order valence-corrected chi connectivity index (χ4v) is 6.92. The minimum Gasteiger partial charge on any atom is -0.372 e. The molecule has 0 saturated heterocycles. The summed E-state index contributed by atoms with van der Waals surface area (Å²) in [5.41, 5.74) is 7.84. The number of benzene rings is 4. The molecule has 0 unspecified atom stereocenters. The van der Waals surface area contributed by atoms with Gasteiger partial charge in [0, 0.05) is 59.8 Å². The second kappa shape index (κ2) is 29.5. The van der Waals surface area contributed by atoms with Gasteiger partial charge in [-0.05, 0) is 146 Å². The smallest absolute Gasteiger partial charge is 0.0857 e. The molecule has 0 aliphatic heterocycles. The molecule has 0 atom stereocenters. The molecule has 0 spiro atoms. The summed E-state index contributed by atoms with van der Waals surface area (Å²) in [5, 5.41) is 8.81. The molecule has 4 aromatic carbocycles. The van der Waals surface area contributed by atoms with Crippen molar-refractivity contribution in [2.45, 2.75) is 130 Å². The highest BCUT2D eigenvalue weighted by atomic mass is 15.1. The molecule has 0 N–H and O–H groups in total. The van der Waals surface area contributed by atoms with Crippen molar-refractivity contribution in [2.24, 2.45) is 10.2 Å². The highest BCUT2D eigenvalue weighted by molar-refractivity contribution is 5.54. The molecule has 0 radical (unpaired) electrons. The normalized spacial score (nSPS) is 10.4. The van der Waals surface area contributed by atoms with E-state index in [1.54, 1.807) is 0 Å². The third kappa shape index (κ3) is 18.9. The van der Waals surface area contributed by atoms with Crippen LogP contribution in [0.15, 0.2) is 107 Å². The molecule has 60 heavy (non-hydrogen) atoms. The molecular weight excluding hydrogens is 729 g/mol. The first-order valence-corrected chi connectivity index (χ1v) is 23.0. The van der Waals surface area contributed by atoms with Crippen LogP contribution in [0, 0.1) is 47.4 Å². The van der Waals surface area contributed by atoms with Gasteiger partial charge in [-0.2, -0.15) is 10.2 Å². The summed E-state index contributed by atoms with van der Waals surface area (Å²) >= 11 is 0. The van der Waals surface area contributed by atoms with Crippen molar-refractivity contribution < 1.29 is 0 Å². The highest BCUT2D eigenvalue weighted by Crippen LogP contribution is 2.21. The second-order valence-corrected chi connectivity index (χ2v) is 15.6. The molecule has 4 rings (SSSR count). The molecule has 0 saturated carbocycles. The molecule has 4 nitrogen and oxygen atoms in total. The molecule has 4 aromatic rings. The van der Waals surface area contributed by atoms with Crippen molar-refractivity contribution in [3.63, 3.8) is 0 Å². The van der Waals surface area contributed by atoms with Crippen LogP contribution in [-0.4, -0.2) is 26.2 Å². The zero-order chi connectivity index (χ0) is 42.3. The third-order valence-corrected chi connectivity index (χ3v) is 10.6. The van der Waals surface area contributed by atoms with Gasteiger partial charge in [-0.1, -0.05) is 128 Å². The molecule has 0 amide bonds. The number of hydrogen-bond donors (Lipinski definition) is 0. The Labute approximate surface area is 364 Å². The van der Waals surface area contributed by atoms with Gasteiger partial charge in [0.05, 0.1) is 11.4 Å².